The number of aromatic nitrogens is 1. The molecule has 4 nitrogen and oxygen atoms in total. The van der Waals surface area contributed by atoms with Crippen LogP contribution in [0.2, 0.25) is 0 Å². The number of thiophene rings is 1. The van der Waals surface area contributed by atoms with E-state index in [-0.39, 0.29) is 17.8 Å². The minimum Gasteiger partial charge on any atom is -0.438 e. The maximum atomic E-state index is 12.9. The van der Waals surface area contributed by atoms with Gasteiger partial charge in [0.2, 0.25) is 5.89 Å². The van der Waals surface area contributed by atoms with Crippen molar-refractivity contribution in [3.05, 3.63) is 64.6 Å². The maximum absolute atomic E-state index is 12.9. The van der Waals surface area contributed by atoms with Gasteiger partial charge in [-0.3, -0.25) is 4.79 Å². The van der Waals surface area contributed by atoms with E-state index >= 15 is 0 Å². The molecule has 0 aliphatic carbocycles. The number of benzene rings is 1. The molecule has 1 N–H and O–H groups in total. The zero-order valence-electron chi connectivity index (χ0n) is 11.7. The molecule has 0 saturated heterocycles. The number of nitrogens with one attached hydrogen (secondary N) is 1. The largest absolute Gasteiger partial charge is 0.438 e. The third kappa shape index (κ3) is 3.07. The number of halogens is 1. The van der Waals surface area contributed by atoms with Crippen molar-refractivity contribution >= 4 is 17.2 Å². The molecule has 0 saturated carbocycles. The zero-order chi connectivity index (χ0) is 15.5. The number of carbonyl (C=O) groups excluding carboxylic acids is 1. The van der Waals surface area contributed by atoms with E-state index in [1.54, 1.807) is 31.3 Å². The van der Waals surface area contributed by atoms with E-state index in [1.165, 1.54) is 23.5 Å². The normalized spacial score (nSPS) is 12.1. The maximum Gasteiger partial charge on any atom is 0.261 e. The van der Waals surface area contributed by atoms with E-state index in [0.717, 1.165) is 5.56 Å². The van der Waals surface area contributed by atoms with E-state index < -0.39 is 0 Å². The Morgan fingerprint density at radius 3 is 2.77 bits per heavy atom. The van der Waals surface area contributed by atoms with Crippen molar-refractivity contribution in [2.45, 2.75) is 13.0 Å². The highest BCUT2D eigenvalue weighted by molar-refractivity contribution is 7.12. The lowest BCUT2D eigenvalue weighted by molar-refractivity contribution is 0.0938. The lowest BCUT2D eigenvalue weighted by atomic mass is 10.2. The van der Waals surface area contributed by atoms with Crippen molar-refractivity contribution in [3.8, 4) is 11.3 Å². The number of oxazole rings is 1. The van der Waals surface area contributed by atoms with E-state index in [4.69, 9.17) is 4.42 Å². The van der Waals surface area contributed by atoms with Crippen LogP contribution < -0.4 is 5.32 Å². The molecule has 0 radical (unpaired) electrons. The fraction of sp³-hybridized carbons (Fsp3) is 0.125. The van der Waals surface area contributed by atoms with Gasteiger partial charge in [-0.2, -0.15) is 0 Å². The van der Waals surface area contributed by atoms with Crippen molar-refractivity contribution in [1.29, 1.82) is 0 Å². The molecule has 0 aliphatic heterocycles. The Morgan fingerprint density at radius 2 is 2.09 bits per heavy atom. The third-order valence-corrected chi connectivity index (χ3v) is 3.98. The van der Waals surface area contributed by atoms with E-state index in [9.17, 15) is 9.18 Å². The number of carbonyl (C=O) groups is 1. The first-order valence-electron chi connectivity index (χ1n) is 6.69. The van der Waals surface area contributed by atoms with Gasteiger partial charge < -0.3 is 9.73 Å². The number of hydrogen-bond acceptors (Lipinski definition) is 4. The number of rotatable bonds is 4. The highest BCUT2D eigenvalue weighted by atomic mass is 32.1. The second kappa shape index (κ2) is 6.11. The second-order valence-corrected chi connectivity index (χ2v) is 5.69. The van der Waals surface area contributed by atoms with Gasteiger partial charge in [0, 0.05) is 5.56 Å². The summed E-state index contributed by atoms with van der Waals surface area (Å²) in [6.07, 6.45) is 1.57. The molecule has 3 rings (SSSR count). The fourth-order valence-corrected chi connectivity index (χ4v) is 2.60. The Balaban J connectivity index is 1.73. The summed E-state index contributed by atoms with van der Waals surface area (Å²) in [5.74, 6) is 0.473. The molecule has 1 unspecified atom stereocenters. The van der Waals surface area contributed by atoms with E-state index in [1.807, 2.05) is 11.4 Å². The predicted molar refractivity (Wildman–Crippen MR) is 82.1 cm³/mol. The molecule has 0 bridgehead atoms. The molecule has 112 valence electrons. The Kier molecular flexibility index (Phi) is 4.02. The van der Waals surface area contributed by atoms with Crippen LogP contribution in [-0.2, 0) is 0 Å². The van der Waals surface area contributed by atoms with Gasteiger partial charge in [-0.05, 0) is 42.6 Å². The molecule has 6 heteroatoms. The molecule has 1 aromatic carbocycles. The Hall–Kier alpha value is -2.47. The zero-order valence-corrected chi connectivity index (χ0v) is 12.6. The van der Waals surface area contributed by atoms with Crippen molar-refractivity contribution in [2.75, 3.05) is 0 Å². The lowest BCUT2D eigenvalue weighted by Crippen LogP contribution is -2.26. The summed E-state index contributed by atoms with van der Waals surface area (Å²) in [5.41, 5.74) is 0.733. The fourth-order valence-electron chi connectivity index (χ4n) is 1.97. The molecular weight excluding hydrogens is 303 g/mol. The van der Waals surface area contributed by atoms with Gasteiger partial charge in [0.05, 0.1) is 11.1 Å². The lowest BCUT2D eigenvalue weighted by Gasteiger charge is -2.09. The monoisotopic (exact) mass is 316 g/mol. The second-order valence-electron chi connectivity index (χ2n) is 4.74. The average molecular weight is 316 g/mol. The van der Waals surface area contributed by atoms with E-state index in [2.05, 4.69) is 10.3 Å². The summed E-state index contributed by atoms with van der Waals surface area (Å²) in [5, 5.41) is 4.67. The van der Waals surface area contributed by atoms with Gasteiger partial charge in [-0.25, -0.2) is 9.37 Å². The standard InChI is InChI=1S/C16H13FN2O2S/c1-10(19-15(20)14-3-2-8-22-14)16-18-9-13(21-16)11-4-6-12(17)7-5-11/h2-10H,1H3,(H,19,20). The number of nitrogens with zero attached hydrogens (tertiary/aromatic N) is 1. The smallest absolute Gasteiger partial charge is 0.261 e. The minimum absolute atomic E-state index is 0.163. The van der Waals surface area contributed by atoms with Crippen LogP contribution in [0, 0.1) is 5.82 Å². The summed E-state index contributed by atoms with van der Waals surface area (Å²) in [6, 6.07) is 9.18. The first kappa shape index (κ1) is 14.5. The van der Waals surface area contributed by atoms with Crippen LogP contribution in [0.15, 0.2) is 52.4 Å². The molecule has 3 aromatic rings. The topological polar surface area (TPSA) is 55.1 Å². The molecule has 1 atom stereocenters. The van der Waals surface area contributed by atoms with Gasteiger partial charge in [-0.1, -0.05) is 6.07 Å². The Labute approximate surface area is 130 Å². The van der Waals surface area contributed by atoms with Crippen LogP contribution in [0.4, 0.5) is 4.39 Å². The van der Waals surface area contributed by atoms with Crippen LogP contribution >= 0.6 is 11.3 Å². The van der Waals surface area contributed by atoms with Crippen LogP contribution in [0.3, 0.4) is 0 Å². The van der Waals surface area contributed by atoms with Gasteiger partial charge in [-0.15, -0.1) is 11.3 Å². The summed E-state index contributed by atoms with van der Waals surface area (Å²) < 4.78 is 18.6. The van der Waals surface area contributed by atoms with Crippen LogP contribution in [0.5, 0.6) is 0 Å². The molecule has 1 amide bonds. The Morgan fingerprint density at radius 1 is 1.32 bits per heavy atom. The molecule has 0 fully saturated rings. The predicted octanol–water partition coefficient (Wildman–Crippen LogP) is 4.03. The molecular formula is C16H13FN2O2S. The van der Waals surface area contributed by atoms with Crippen molar-refractivity contribution in [1.82, 2.24) is 10.3 Å². The molecule has 0 aliphatic rings. The summed E-state index contributed by atoms with van der Waals surface area (Å²) in [7, 11) is 0. The quantitative estimate of drug-likeness (QED) is 0.790. The molecule has 22 heavy (non-hydrogen) atoms. The van der Waals surface area contributed by atoms with Gasteiger partial charge in [0.15, 0.2) is 5.76 Å². The SMILES string of the molecule is CC(NC(=O)c1cccs1)c1ncc(-c2ccc(F)cc2)o1. The highest BCUT2D eigenvalue weighted by Gasteiger charge is 2.17. The van der Waals surface area contributed by atoms with Crippen molar-refractivity contribution in [2.24, 2.45) is 0 Å². The summed E-state index contributed by atoms with van der Waals surface area (Å²) in [6.45, 7) is 1.80. The first-order chi connectivity index (χ1) is 10.6. The van der Waals surface area contributed by atoms with Gasteiger partial charge in [0.25, 0.3) is 5.91 Å². The number of hydrogen-bond donors (Lipinski definition) is 1. The molecule has 0 spiro atoms. The van der Waals surface area contributed by atoms with Crippen LogP contribution in [-0.4, -0.2) is 10.9 Å². The number of amides is 1. The average Bonchev–Trinajstić information content (AvgIpc) is 3.20. The molecule has 2 aromatic heterocycles. The first-order valence-corrected chi connectivity index (χ1v) is 7.57. The minimum atomic E-state index is -0.358. The summed E-state index contributed by atoms with van der Waals surface area (Å²) in [4.78, 5) is 16.8. The van der Waals surface area contributed by atoms with Crippen LogP contribution in [0.1, 0.15) is 28.5 Å². The summed E-state index contributed by atoms with van der Waals surface area (Å²) >= 11 is 1.37. The third-order valence-electron chi connectivity index (χ3n) is 3.12. The Bertz CT molecular complexity index is 766. The van der Waals surface area contributed by atoms with Gasteiger partial charge >= 0.3 is 0 Å². The van der Waals surface area contributed by atoms with Crippen molar-refractivity contribution in [3.63, 3.8) is 0 Å². The van der Waals surface area contributed by atoms with Gasteiger partial charge in [0.1, 0.15) is 11.9 Å². The van der Waals surface area contributed by atoms with E-state index in [0.29, 0.717) is 16.5 Å². The highest BCUT2D eigenvalue weighted by Crippen LogP contribution is 2.23. The van der Waals surface area contributed by atoms with Crippen molar-refractivity contribution < 1.29 is 13.6 Å². The van der Waals surface area contributed by atoms with Crippen LogP contribution in [0.25, 0.3) is 11.3 Å². The molecule has 2 heterocycles.